The quantitative estimate of drug-likeness (QED) is 0.703. The Kier molecular flexibility index (Phi) is 4.10. The van der Waals surface area contributed by atoms with Crippen LogP contribution in [0.3, 0.4) is 0 Å². The van der Waals surface area contributed by atoms with Crippen molar-refractivity contribution < 1.29 is 14.3 Å². The molecule has 0 aromatic carbocycles. The summed E-state index contributed by atoms with van der Waals surface area (Å²) in [5, 5.41) is 8.42. The van der Waals surface area contributed by atoms with Gasteiger partial charge in [0, 0.05) is 12.3 Å². The van der Waals surface area contributed by atoms with E-state index in [2.05, 4.69) is 9.72 Å². The molecular formula is C10H10N2O3. The average molecular weight is 206 g/mol. The molecule has 0 unspecified atom stereocenters. The minimum Gasteiger partial charge on any atom is -0.434 e. The van der Waals surface area contributed by atoms with Crippen LogP contribution in [0.5, 0.6) is 5.88 Å². The van der Waals surface area contributed by atoms with E-state index in [1.807, 2.05) is 6.07 Å². The Balaban J connectivity index is 2.57. The molecular weight excluding hydrogens is 196 g/mol. The van der Waals surface area contributed by atoms with Gasteiger partial charge < -0.3 is 9.47 Å². The maximum absolute atomic E-state index is 10.9. The number of ether oxygens (including phenoxy) is 2. The van der Waals surface area contributed by atoms with Crippen molar-refractivity contribution in [3.05, 3.63) is 23.9 Å². The number of hydrogen-bond donors (Lipinski definition) is 0. The zero-order valence-corrected chi connectivity index (χ0v) is 8.27. The molecule has 1 heterocycles. The van der Waals surface area contributed by atoms with Gasteiger partial charge in [-0.05, 0) is 12.5 Å². The van der Waals surface area contributed by atoms with Crippen molar-refractivity contribution in [3.63, 3.8) is 0 Å². The van der Waals surface area contributed by atoms with Gasteiger partial charge in [-0.15, -0.1) is 0 Å². The van der Waals surface area contributed by atoms with Gasteiger partial charge in [-0.3, -0.25) is 0 Å². The fraction of sp³-hybridized carbons (Fsp3) is 0.300. The Hall–Kier alpha value is -2.09. The minimum absolute atomic E-state index is 0.162. The number of nitriles is 1. The minimum atomic E-state index is -0.780. The van der Waals surface area contributed by atoms with E-state index >= 15 is 0 Å². The van der Waals surface area contributed by atoms with Crippen molar-refractivity contribution in [2.24, 2.45) is 0 Å². The molecule has 0 saturated heterocycles. The second kappa shape index (κ2) is 5.60. The van der Waals surface area contributed by atoms with Crippen LogP contribution in [-0.4, -0.2) is 17.7 Å². The van der Waals surface area contributed by atoms with Gasteiger partial charge in [-0.1, -0.05) is 6.07 Å². The predicted octanol–water partition coefficient (Wildman–Crippen LogP) is 1.68. The Morgan fingerprint density at radius 3 is 2.93 bits per heavy atom. The normalized spacial score (nSPS) is 9.07. The first-order chi connectivity index (χ1) is 7.26. The van der Waals surface area contributed by atoms with Crippen molar-refractivity contribution in [3.8, 4) is 11.9 Å². The molecule has 5 heteroatoms. The van der Waals surface area contributed by atoms with Gasteiger partial charge in [0.2, 0.25) is 5.88 Å². The van der Waals surface area contributed by atoms with Gasteiger partial charge in [0.1, 0.15) is 0 Å². The van der Waals surface area contributed by atoms with Crippen LogP contribution >= 0.6 is 0 Å². The summed E-state index contributed by atoms with van der Waals surface area (Å²) in [4.78, 5) is 14.7. The van der Waals surface area contributed by atoms with Gasteiger partial charge in [0.15, 0.2) is 0 Å². The van der Waals surface area contributed by atoms with Crippen LogP contribution in [-0.2, 0) is 11.2 Å². The molecule has 0 atom stereocenters. The molecule has 15 heavy (non-hydrogen) atoms. The zero-order chi connectivity index (χ0) is 11.1. The van der Waals surface area contributed by atoms with Crippen LogP contribution in [0, 0.1) is 11.3 Å². The number of carbonyl (C=O) groups excluding carboxylic acids is 1. The van der Waals surface area contributed by atoms with Gasteiger partial charge in [0.05, 0.1) is 19.1 Å². The molecule has 78 valence electrons. The number of pyridine rings is 1. The second-order valence-corrected chi connectivity index (χ2v) is 2.62. The van der Waals surface area contributed by atoms with E-state index < -0.39 is 6.16 Å². The van der Waals surface area contributed by atoms with Gasteiger partial charge in [-0.25, -0.2) is 9.78 Å². The summed E-state index contributed by atoms with van der Waals surface area (Å²) in [6, 6.07) is 5.18. The lowest BCUT2D eigenvalue weighted by Gasteiger charge is -2.02. The maximum atomic E-state index is 10.9. The largest absolute Gasteiger partial charge is 0.515 e. The van der Waals surface area contributed by atoms with E-state index in [0.29, 0.717) is 0 Å². The Labute approximate surface area is 87.3 Å². The van der Waals surface area contributed by atoms with Crippen LogP contribution in [0.2, 0.25) is 0 Å². The Morgan fingerprint density at radius 2 is 2.40 bits per heavy atom. The molecule has 0 fully saturated rings. The highest BCUT2D eigenvalue weighted by atomic mass is 16.7. The molecule has 0 spiro atoms. The first-order valence-electron chi connectivity index (χ1n) is 4.42. The number of hydrogen-bond acceptors (Lipinski definition) is 5. The van der Waals surface area contributed by atoms with Crippen LogP contribution in [0.1, 0.15) is 12.5 Å². The van der Waals surface area contributed by atoms with E-state index in [1.54, 1.807) is 13.0 Å². The van der Waals surface area contributed by atoms with Crippen LogP contribution in [0.4, 0.5) is 4.79 Å². The molecule has 0 aliphatic carbocycles. The van der Waals surface area contributed by atoms with E-state index in [1.165, 1.54) is 12.3 Å². The van der Waals surface area contributed by atoms with Crippen molar-refractivity contribution in [2.45, 2.75) is 13.3 Å². The Bertz CT molecular complexity index is 367. The summed E-state index contributed by atoms with van der Waals surface area (Å²) >= 11 is 0. The van der Waals surface area contributed by atoms with Gasteiger partial charge >= 0.3 is 6.16 Å². The number of carbonyl (C=O) groups is 1. The molecule has 0 amide bonds. The molecule has 0 saturated carbocycles. The number of nitrogens with zero attached hydrogens (tertiary/aromatic N) is 2. The predicted molar refractivity (Wildman–Crippen MR) is 51.2 cm³/mol. The van der Waals surface area contributed by atoms with Crippen molar-refractivity contribution >= 4 is 6.16 Å². The van der Waals surface area contributed by atoms with Crippen LogP contribution in [0.15, 0.2) is 18.3 Å². The third-order valence-electron chi connectivity index (χ3n) is 1.53. The lowest BCUT2D eigenvalue weighted by molar-refractivity contribution is 0.102. The van der Waals surface area contributed by atoms with Gasteiger partial charge in [0.25, 0.3) is 0 Å². The lowest BCUT2D eigenvalue weighted by atomic mass is 10.2. The summed E-state index contributed by atoms with van der Waals surface area (Å²) < 4.78 is 9.30. The van der Waals surface area contributed by atoms with Crippen molar-refractivity contribution in [2.75, 3.05) is 6.61 Å². The highest BCUT2D eigenvalue weighted by Gasteiger charge is 2.05. The summed E-state index contributed by atoms with van der Waals surface area (Å²) in [5.41, 5.74) is 0.772. The summed E-state index contributed by atoms with van der Waals surface area (Å²) in [7, 11) is 0. The molecule has 1 rings (SSSR count). The summed E-state index contributed by atoms with van der Waals surface area (Å²) in [5.74, 6) is 0.162. The zero-order valence-electron chi connectivity index (χ0n) is 8.27. The Morgan fingerprint density at radius 1 is 1.60 bits per heavy atom. The number of rotatable bonds is 3. The fourth-order valence-electron chi connectivity index (χ4n) is 0.900. The summed E-state index contributed by atoms with van der Waals surface area (Å²) in [6.07, 6.45) is 0.989. The van der Waals surface area contributed by atoms with E-state index in [-0.39, 0.29) is 18.9 Å². The van der Waals surface area contributed by atoms with Gasteiger partial charge in [-0.2, -0.15) is 5.26 Å². The first kappa shape index (κ1) is 11.0. The monoisotopic (exact) mass is 206 g/mol. The second-order valence-electron chi connectivity index (χ2n) is 2.62. The molecule has 0 bridgehead atoms. The fourth-order valence-corrected chi connectivity index (χ4v) is 0.900. The smallest absolute Gasteiger partial charge is 0.434 e. The van der Waals surface area contributed by atoms with E-state index in [4.69, 9.17) is 10.00 Å². The SMILES string of the molecule is CCOC(=O)Oc1ccc(CC#N)cn1. The van der Waals surface area contributed by atoms with Crippen LogP contribution < -0.4 is 4.74 Å². The highest BCUT2D eigenvalue weighted by Crippen LogP contribution is 2.08. The maximum Gasteiger partial charge on any atom is 0.515 e. The molecule has 0 N–H and O–H groups in total. The third-order valence-corrected chi connectivity index (χ3v) is 1.53. The molecule has 0 radical (unpaired) electrons. The number of aromatic nitrogens is 1. The standard InChI is InChI=1S/C10H10N2O3/c1-2-14-10(13)15-9-4-3-8(5-6-11)7-12-9/h3-4,7H,2,5H2,1H3. The van der Waals surface area contributed by atoms with Crippen molar-refractivity contribution in [1.82, 2.24) is 4.98 Å². The molecule has 0 aliphatic heterocycles. The molecule has 1 aromatic heterocycles. The highest BCUT2D eigenvalue weighted by molar-refractivity contribution is 5.62. The molecule has 5 nitrogen and oxygen atoms in total. The average Bonchev–Trinajstić information content (AvgIpc) is 2.22. The van der Waals surface area contributed by atoms with E-state index in [9.17, 15) is 4.79 Å². The van der Waals surface area contributed by atoms with E-state index in [0.717, 1.165) is 5.56 Å². The topological polar surface area (TPSA) is 72.2 Å². The first-order valence-corrected chi connectivity index (χ1v) is 4.42. The molecule has 1 aromatic rings. The lowest BCUT2D eigenvalue weighted by Crippen LogP contribution is -2.10. The third kappa shape index (κ3) is 3.65. The summed E-state index contributed by atoms with van der Waals surface area (Å²) in [6.45, 7) is 1.94. The molecule has 0 aliphatic rings. The van der Waals surface area contributed by atoms with Crippen LogP contribution in [0.25, 0.3) is 0 Å². The van der Waals surface area contributed by atoms with Crippen molar-refractivity contribution in [1.29, 1.82) is 5.26 Å².